The van der Waals surface area contributed by atoms with E-state index < -0.39 is 6.04 Å². The maximum atomic E-state index is 13.8. The van der Waals surface area contributed by atoms with Gasteiger partial charge in [-0.25, -0.2) is 4.72 Å². The first-order chi connectivity index (χ1) is 19.4. The van der Waals surface area contributed by atoms with Crippen molar-refractivity contribution in [1.29, 1.82) is 5.41 Å². The van der Waals surface area contributed by atoms with Crippen molar-refractivity contribution in [3.63, 3.8) is 0 Å². The van der Waals surface area contributed by atoms with Crippen LogP contribution >= 0.6 is 23.5 Å². The molecule has 0 aromatic heterocycles. The van der Waals surface area contributed by atoms with Gasteiger partial charge in [-0.3, -0.25) is 10.2 Å². The number of nitrogens with two attached hydrogens (primary N) is 2. The highest BCUT2D eigenvalue weighted by atomic mass is 35.5. The summed E-state index contributed by atoms with van der Waals surface area (Å²) >= 11 is 8.02. The van der Waals surface area contributed by atoms with Gasteiger partial charge in [-0.05, 0) is 105 Å². The van der Waals surface area contributed by atoms with Crippen LogP contribution in [0, 0.1) is 11.3 Å². The number of amidine groups is 1. The van der Waals surface area contributed by atoms with Gasteiger partial charge in [0.2, 0.25) is 5.91 Å². The summed E-state index contributed by atoms with van der Waals surface area (Å²) in [5.74, 6) is 1.42. The monoisotopic (exact) mass is 579 g/mol. The zero-order valence-corrected chi connectivity index (χ0v) is 24.4. The molecule has 6 N–H and O–H groups in total. The molecule has 3 aromatic rings. The van der Waals surface area contributed by atoms with Crippen molar-refractivity contribution >= 4 is 35.3 Å². The van der Waals surface area contributed by atoms with Gasteiger partial charge in [0.15, 0.2) is 0 Å². The molecule has 1 heterocycles. The maximum Gasteiger partial charge on any atom is 0.240 e. The van der Waals surface area contributed by atoms with Gasteiger partial charge in [0.1, 0.15) is 17.6 Å². The van der Waals surface area contributed by atoms with E-state index in [9.17, 15) is 4.79 Å². The third-order valence-electron chi connectivity index (χ3n) is 7.19. The van der Waals surface area contributed by atoms with Crippen molar-refractivity contribution in [3.8, 4) is 16.9 Å². The first-order valence-corrected chi connectivity index (χ1v) is 14.9. The third kappa shape index (κ3) is 8.01. The first-order valence-electron chi connectivity index (χ1n) is 13.7. The Morgan fingerprint density at radius 1 is 1.15 bits per heavy atom. The number of benzene rings is 3. The van der Waals surface area contributed by atoms with E-state index in [4.69, 9.17) is 33.2 Å². The quantitative estimate of drug-likeness (QED) is 0.128. The van der Waals surface area contributed by atoms with Crippen molar-refractivity contribution in [2.45, 2.75) is 43.5 Å². The highest BCUT2D eigenvalue weighted by Crippen LogP contribution is 2.33. The van der Waals surface area contributed by atoms with Crippen LogP contribution in [0.5, 0.6) is 5.75 Å². The second-order valence-corrected chi connectivity index (χ2v) is 11.4. The third-order valence-corrected chi connectivity index (χ3v) is 8.40. The topological polar surface area (TPSA) is 117 Å². The number of carbonyl (C=O) groups excluding carboxylic acids is 1. The summed E-state index contributed by atoms with van der Waals surface area (Å²) in [6.45, 7) is 4.69. The summed E-state index contributed by atoms with van der Waals surface area (Å²) in [5.41, 5.74) is 15.0. The number of nitrogens with zero attached hydrogens (tertiary/aromatic N) is 1. The van der Waals surface area contributed by atoms with Crippen LogP contribution in [0.3, 0.4) is 0 Å². The number of nitrogen functional groups attached to an aromatic ring is 1. The number of carbonyl (C=O) groups is 1. The molecule has 0 aliphatic carbocycles. The number of likely N-dealkylation sites (tertiary alicyclic amines) is 1. The van der Waals surface area contributed by atoms with Gasteiger partial charge in [-0.2, -0.15) is 0 Å². The van der Waals surface area contributed by atoms with E-state index in [1.807, 2.05) is 72.5 Å². The lowest BCUT2D eigenvalue weighted by Gasteiger charge is -2.34. The van der Waals surface area contributed by atoms with Gasteiger partial charge < -0.3 is 21.1 Å². The molecule has 4 rings (SSSR count). The minimum atomic E-state index is -0.448. The second kappa shape index (κ2) is 14.6. The molecule has 3 aromatic carbocycles. The molecule has 0 saturated carbocycles. The number of piperidine rings is 1. The number of hydrogen-bond acceptors (Lipinski definition) is 6. The molecule has 40 heavy (non-hydrogen) atoms. The van der Waals surface area contributed by atoms with Gasteiger partial charge >= 0.3 is 0 Å². The molecule has 1 amide bonds. The Balaban J connectivity index is 1.51. The first kappa shape index (κ1) is 29.9. The van der Waals surface area contributed by atoms with Crippen LogP contribution in [0.4, 0.5) is 0 Å². The fraction of sp³-hybridized carbons (Fsp3) is 0.355. The predicted molar refractivity (Wildman–Crippen MR) is 165 cm³/mol. The summed E-state index contributed by atoms with van der Waals surface area (Å²) in [6, 6.07) is 20.9. The lowest BCUT2D eigenvalue weighted by Crippen LogP contribution is -2.48. The Bertz CT molecular complexity index is 1310. The van der Waals surface area contributed by atoms with E-state index in [1.54, 1.807) is 0 Å². The zero-order valence-electron chi connectivity index (χ0n) is 22.9. The Kier molecular flexibility index (Phi) is 10.9. The molecule has 0 bridgehead atoms. The van der Waals surface area contributed by atoms with Crippen LogP contribution in [0.15, 0.2) is 71.6 Å². The molecule has 212 valence electrons. The standard InChI is InChI=1S/C31H38ClN5O2S/c1-2-39-25-9-10-27(28(32)20-25)23-6-4-8-26(19-23)40-36-29(18-22-5-3-7-24(17-22)30(34)35)31(38)37-15-12-21(11-14-33)13-16-37/h3-10,17,19-21,29,36H,2,11-16,18,33H2,1H3,(H3,34,35). The normalized spacial score (nSPS) is 14.6. The molecule has 1 aliphatic rings. The maximum absolute atomic E-state index is 13.8. The van der Waals surface area contributed by atoms with Crippen LogP contribution in [0.2, 0.25) is 5.02 Å². The summed E-state index contributed by atoms with van der Waals surface area (Å²) in [4.78, 5) is 16.7. The van der Waals surface area contributed by atoms with Gasteiger partial charge in [0, 0.05) is 29.1 Å². The van der Waals surface area contributed by atoms with Crippen molar-refractivity contribution in [1.82, 2.24) is 9.62 Å². The van der Waals surface area contributed by atoms with Crippen LogP contribution in [0.1, 0.15) is 37.3 Å². The summed E-state index contributed by atoms with van der Waals surface area (Å²) in [6.07, 6.45) is 3.45. The number of halogens is 1. The van der Waals surface area contributed by atoms with Crippen molar-refractivity contribution in [3.05, 3.63) is 82.9 Å². The molecule has 1 saturated heterocycles. The van der Waals surface area contributed by atoms with Crippen molar-refractivity contribution in [2.75, 3.05) is 26.2 Å². The molecular weight excluding hydrogens is 542 g/mol. The van der Waals surface area contributed by atoms with E-state index >= 15 is 0 Å². The van der Waals surface area contributed by atoms with E-state index in [2.05, 4.69) is 10.8 Å². The average molecular weight is 580 g/mol. The second-order valence-electron chi connectivity index (χ2n) is 10.0. The van der Waals surface area contributed by atoms with Gasteiger partial charge in [0.25, 0.3) is 0 Å². The molecule has 0 radical (unpaired) electrons. The molecule has 1 aliphatic heterocycles. The van der Waals surface area contributed by atoms with E-state index in [-0.39, 0.29) is 11.7 Å². The fourth-order valence-electron chi connectivity index (χ4n) is 5.03. The lowest BCUT2D eigenvalue weighted by molar-refractivity contribution is -0.134. The molecule has 1 unspecified atom stereocenters. The fourth-order valence-corrected chi connectivity index (χ4v) is 6.11. The highest BCUT2D eigenvalue weighted by molar-refractivity contribution is 7.97. The van der Waals surface area contributed by atoms with E-state index in [0.717, 1.165) is 59.7 Å². The van der Waals surface area contributed by atoms with Gasteiger partial charge in [0.05, 0.1) is 11.6 Å². The average Bonchev–Trinajstić information content (AvgIpc) is 2.96. The van der Waals surface area contributed by atoms with Crippen LogP contribution < -0.4 is 20.9 Å². The Hall–Kier alpha value is -3.04. The molecule has 1 atom stereocenters. The number of nitrogens with one attached hydrogen (secondary N) is 2. The predicted octanol–water partition coefficient (Wildman–Crippen LogP) is 5.49. The smallest absolute Gasteiger partial charge is 0.240 e. The van der Waals surface area contributed by atoms with Crippen molar-refractivity contribution in [2.24, 2.45) is 17.4 Å². The summed E-state index contributed by atoms with van der Waals surface area (Å²) in [7, 11) is 0. The number of hydrogen-bond donors (Lipinski definition) is 4. The SMILES string of the molecule is CCOc1ccc(-c2cccc(SNC(Cc3cccc(C(=N)N)c3)C(=O)N3CCC(CCN)CC3)c2)c(Cl)c1. The highest BCUT2D eigenvalue weighted by Gasteiger charge is 2.28. The van der Waals surface area contributed by atoms with E-state index in [1.165, 1.54) is 11.9 Å². The number of rotatable bonds is 12. The van der Waals surface area contributed by atoms with Gasteiger partial charge in [-0.15, -0.1) is 0 Å². The zero-order chi connectivity index (χ0) is 28.5. The van der Waals surface area contributed by atoms with Gasteiger partial charge in [-0.1, -0.05) is 41.9 Å². The number of amides is 1. The molecule has 9 heteroatoms. The Morgan fingerprint density at radius 2 is 1.93 bits per heavy atom. The van der Waals surface area contributed by atoms with Crippen LogP contribution in [0.25, 0.3) is 11.1 Å². The van der Waals surface area contributed by atoms with E-state index in [0.29, 0.717) is 36.1 Å². The summed E-state index contributed by atoms with van der Waals surface area (Å²) in [5, 5.41) is 8.42. The molecule has 1 fully saturated rings. The Morgan fingerprint density at radius 3 is 2.62 bits per heavy atom. The minimum absolute atomic E-state index is 0.0128. The van der Waals surface area contributed by atoms with Crippen molar-refractivity contribution < 1.29 is 9.53 Å². The summed E-state index contributed by atoms with van der Waals surface area (Å²) < 4.78 is 9.02. The number of ether oxygens (including phenoxy) is 1. The van der Waals surface area contributed by atoms with Crippen LogP contribution in [-0.4, -0.2) is 48.9 Å². The molecule has 7 nitrogen and oxygen atoms in total. The minimum Gasteiger partial charge on any atom is -0.494 e. The Labute approximate surface area is 246 Å². The molecule has 0 spiro atoms. The van der Waals surface area contributed by atoms with Crippen LogP contribution in [-0.2, 0) is 11.2 Å². The molecular formula is C31H38ClN5O2S. The lowest BCUT2D eigenvalue weighted by atomic mass is 9.93. The largest absolute Gasteiger partial charge is 0.494 e.